The van der Waals surface area contributed by atoms with E-state index in [1.807, 2.05) is 5.38 Å². The molecular weight excluding hydrogens is 489 g/mol. The van der Waals surface area contributed by atoms with Gasteiger partial charge in [0.2, 0.25) is 0 Å². The molecule has 0 radical (unpaired) electrons. The first-order valence-corrected chi connectivity index (χ1v) is 8.93. The van der Waals surface area contributed by atoms with Crippen LogP contribution in [-0.2, 0) is 19.5 Å². The highest BCUT2D eigenvalue weighted by atomic mass is 127. The predicted octanol–water partition coefficient (Wildman–Crippen LogP) is 3.80. The van der Waals surface area contributed by atoms with Crippen molar-refractivity contribution in [1.29, 1.82) is 0 Å². The lowest BCUT2D eigenvalue weighted by Gasteiger charge is -2.15. The predicted molar refractivity (Wildman–Crippen MR) is 114 cm³/mol. The summed E-state index contributed by atoms with van der Waals surface area (Å²) in [7, 11) is 3.15. The van der Waals surface area contributed by atoms with Crippen molar-refractivity contribution in [3.63, 3.8) is 0 Å². The molecule has 27 heavy (non-hydrogen) atoms. The van der Waals surface area contributed by atoms with Gasteiger partial charge in [-0.25, -0.2) is 4.98 Å². The molecule has 0 amide bonds. The molecule has 0 saturated heterocycles. The van der Waals surface area contributed by atoms with Crippen LogP contribution in [0.15, 0.2) is 28.6 Å². The fourth-order valence-electron chi connectivity index (χ4n) is 2.20. The summed E-state index contributed by atoms with van der Waals surface area (Å²) in [5.41, 5.74) is 1.47. The summed E-state index contributed by atoms with van der Waals surface area (Å²) in [6, 6.07) is 4.67. The number of benzene rings is 1. The number of nitrogens with one attached hydrogen (secondary N) is 2. The Kier molecular flexibility index (Phi) is 10.3. The van der Waals surface area contributed by atoms with E-state index in [1.54, 1.807) is 30.5 Å². The number of alkyl halides is 2. The maximum Gasteiger partial charge on any atom is 0.387 e. The van der Waals surface area contributed by atoms with E-state index >= 15 is 0 Å². The molecule has 1 aromatic carbocycles. The third kappa shape index (κ3) is 7.45. The largest absolute Gasteiger partial charge is 0.497 e. The van der Waals surface area contributed by atoms with Crippen LogP contribution in [0.3, 0.4) is 0 Å². The Labute approximate surface area is 178 Å². The van der Waals surface area contributed by atoms with Crippen LogP contribution in [0.5, 0.6) is 11.5 Å². The maximum atomic E-state index is 12.6. The Morgan fingerprint density at radius 2 is 2.04 bits per heavy atom. The number of rotatable bonds is 8. The molecule has 0 spiro atoms. The zero-order valence-electron chi connectivity index (χ0n) is 15.3. The van der Waals surface area contributed by atoms with Gasteiger partial charge in [0.15, 0.2) is 5.96 Å². The smallest absolute Gasteiger partial charge is 0.387 e. The minimum Gasteiger partial charge on any atom is -0.497 e. The fraction of sp³-hybridized carbons (Fsp3) is 0.412. The van der Waals surface area contributed by atoms with Gasteiger partial charge in [-0.15, -0.1) is 35.3 Å². The standard InChI is InChI=1S/C17H22F2N4O2S.HI/c1-4-15-23-12(10-26-15)9-22-17(20-2)21-8-11-7-13(24-3)5-6-14(11)25-16(18)19;/h5-7,10,16H,4,8-9H2,1-3H3,(H2,20,21,22);1H. The molecule has 6 nitrogen and oxygen atoms in total. The number of halogens is 3. The van der Waals surface area contributed by atoms with Crippen LogP contribution in [-0.4, -0.2) is 31.7 Å². The molecule has 150 valence electrons. The number of ether oxygens (including phenoxy) is 2. The first-order valence-electron chi connectivity index (χ1n) is 8.05. The van der Waals surface area contributed by atoms with Gasteiger partial charge in [0.05, 0.1) is 24.4 Å². The van der Waals surface area contributed by atoms with Crippen molar-refractivity contribution >= 4 is 41.3 Å². The van der Waals surface area contributed by atoms with E-state index in [1.165, 1.54) is 13.2 Å². The summed E-state index contributed by atoms with van der Waals surface area (Å²) in [5, 5.41) is 9.30. The quantitative estimate of drug-likeness (QED) is 0.320. The molecule has 0 aliphatic heterocycles. The van der Waals surface area contributed by atoms with E-state index in [-0.39, 0.29) is 36.3 Å². The molecule has 1 heterocycles. The van der Waals surface area contributed by atoms with E-state index < -0.39 is 6.61 Å². The molecule has 0 fully saturated rings. The van der Waals surface area contributed by atoms with Gasteiger partial charge in [-0.2, -0.15) is 8.78 Å². The van der Waals surface area contributed by atoms with Gasteiger partial charge in [0, 0.05) is 24.5 Å². The van der Waals surface area contributed by atoms with Crippen LogP contribution in [0, 0.1) is 0 Å². The number of aromatic nitrogens is 1. The molecule has 0 bridgehead atoms. The van der Waals surface area contributed by atoms with Gasteiger partial charge in [-0.3, -0.25) is 4.99 Å². The van der Waals surface area contributed by atoms with Gasteiger partial charge in [0.25, 0.3) is 0 Å². The molecule has 10 heteroatoms. The average Bonchev–Trinajstić information content (AvgIpc) is 3.10. The molecule has 2 rings (SSSR count). The van der Waals surface area contributed by atoms with Gasteiger partial charge in [0.1, 0.15) is 11.5 Å². The second kappa shape index (κ2) is 11.9. The Morgan fingerprint density at radius 3 is 2.63 bits per heavy atom. The summed E-state index contributed by atoms with van der Waals surface area (Å²) < 4.78 is 34.8. The monoisotopic (exact) mass is 512 g/mol. The van der Waals surface area contributed by atoms with Gasteiger partial charge < -0.3 is 20.1 Å². The number of guanidine groups is 1. The second-order valence-corrected chi connectivity index (χ2v) is 6.16. The van der Waals surface area contributed by atoms with E-state index in [9.17, 15) is 8.78 Å². The summed E-state index contributed by atoms with van der Waals surface area (Å²) >= 11 is 1.62. The first kappa shape index (κ1) is 23.3. The van der Waals surface area contributed by atoms with Crippen molar-refractivity contribution in [2.75, 3.05) is 14.2 Å². The van der Waals surface area contributed by atoms with Crippen LogP contribution < -0.4 is 20.1 Å². The molecule has 0 aliphatic carbocycles. The lowest BCUT2D eigenvalue weighted by Crippen LogP contribution is -2.36. The van der Waals surface area contributed by atoms with Crippen LogP contribution in [0.1, 0.15) is 23.2 Å². The summed E-state index contributed by atoms with van der Waals surface area (Å²) in [6.07, 6.45) is 0.903. The zero-order chi connectivity index (χ0) is 18.9. The minimum atomic E-state index is -2.89. The van der Waals surface area contributed by atoms with Crippen molar-refractivity contribution in [2.45, 2.75) is 33.0 Å². The van der Waals surface area contributed by atoms with Crippen molar-refractivity contribution < 1.29 is 18.3 Å². The number of nitrogens with zero attached hydrogens (tertiary/aromatic N) is 2. The molecule has 0 saturated carbocycles. The molecule has 2 N–H and O–H groups in total. The molecule has 0 atom stereocenters. The summed E-state index contributed by atoms with van der Waals surface area (Å²) in [5.74, 6) is 1.18. The highest BCUT2D eigenvalue weighted by Crippen LogP contribution is 2.25. The fourth-order valence-corrected chi connectivity index (χ4v) is 2.94. The number of hydrogen-bond donors (Lipinski definition) is 2. The SMILES string of the molecule is CCc1nc(CNC(=NC)NCc2cc(OC)ccc2OC(F)F)cs1.I. The van der Waals surface area contributed by atoms with Crippen molar-refractivity contribution in [3.05, 3.63) is 39.8 Å². The third-order valence-corrected chi connectivity index (χ3v) is 4.53. The number of methoxy groups -OCH3 is 1. The number of hydrogen-bond acceptors (Lipinski definition) is 5. The van der Waals surface area contributed by atoms with E-state index in [4.69, 9.17) is 4.74 Å². The minimum absolute atomic E-state index is 0. The Hall–Kier alpha value is -1.69. The molecule has 1 aromatic heterocycles. The summed E-state index contributed by atoms with van der Waals surface area (Å²) in [4.78, 5) is 8.60. The first-order chi connectivity index (χ1) is 12.5. The lowest BCUT2D eigenvalue weighted by molar-refractivity contribution is -0.0504. The topological polar surface area (TPSA) is 67.8 Å². The Balaban J connectivity index is 0.00000364. The van der Waals surface area contributed by atoms with Crippen molar-refractivity contribution in [3.8, 4) is 11.5 Å². The van der Waals surface area contributed by atoms with Crippen molar-refractivity contribution in [2.24, 2.45) is 4.99 Å². The lowest BCUT2D eigenvalue weighted by atomic mass is 10.2. The normalized spacial score (nSPS) is 11.1. The van der Waals surface area contributed by atoms with Gasteiger partial charge >= 0.3 is 6.61 Å². The Morgan fingerprint density at radius 1 is 1.30 bits per heavy atom. The number of aliphatic imine (C=N–C) groups is 1. The summed E-state index contributed by atoms with van der Waals surface area (Å²) in [6.45, 7) is -0.0637. The molecule has 0 aliphatic rings. The highest BCUT2D eigenvalue weighted by Gasteiger charge is 2.12. The molecule has 0 unspecified atom stereocenters. The maximum absolute atomic E-state index is 12.6. The van der Waals surface area contributed by atoms with Crippen LogP contribution in [0.4, 0.5) is 8.78 Å². The van der Waals surface area contributed by atoms with Crippen LogP contribution in [0.2, 0.25) is 0 Å². The molecule has 2 aromatic rings. The number of thiazole rings is 1. The highest BCUT2D eigenvalue weighted by molar-refractivity contribution is 14.0. The van der Waals surface area contributed by atoms with Crippen LogP contribution in [0.25, 0.3) is 0 Å². The van der Waals surface area contributed by atoms with Crippen molar-refractivity contribution in [1.82, 2.24) is 15.6 Å². The average molecular weight is 512 g/mol. The van der Waals surface area contributed by atoms with Crippen LogP contribution >= 0.6 is 35.3 Å². The number of aryl methyl sites for hydroxylation is 1. The van der Waals surface area contributed by atoms with E-state index in [2.05, 4.69) is 32.3 Å². The van der Waals surface area contributed by atoms with E-state index in [0.717, 1.165) is 17.1 Å². The van der Waals surface area contributed by atoms with E-state index in [0.29, 0.717) is 23.8 Å². The van der Waals surface area contributed by atoms with Gasteiger partial charge in [-0.05, 0) is 24.6 Å². The zero-order valence-corrected chi connectivity index (χ0v) is 18.4. The third-order valence-electron chi connectivity index (χ3n) is 3.49. The second-order valence-electron chi connectivity index (χ2n) is 5.22. The molecular formula is C17H23F2IN4O2S. The van der Waals surface area contributed by atoms with Gasteiger partial charge in [-0.1, -0.05) is 6.92 Å². The Bertz CT molecular complexity index is 743.